The van der Waals surface area contributed by atoms with E-state index in [2.05, 4.69) is 54.5 Å². The molecule has 1 N–H and O–H groups in total. The molecule has 94 valence electrons. The third-order valence-electron chi connectivity index (χ3n) is 3.22. The Balaban J connectivity index is 2.20. The van der Waals surface area contributed by atoms with Gasteiger partial charge in [0.2, 0.25) is 0 Å². The van der Waals surface area contributed by atoms with E-state index in [0.717, 1.165) is 17.8 Å². The summed E-state index contributed by atoms with van der Waals surface area (Å²) in [5.74, 6) is 0. The second kappa shape index (κ2) is 5.67. The Labute approximate surface area is 109 Å². The maximum atomic E-state index is 4.31. The smallest absolute Gasteiger partial charge is 0.0603 e. The zero-order valence-electron chi connectivity index (χ0n) is 11.3. The minimum Gasteiger partial charge on any atom is -0.377 e. The lowest BCUT2D eigenvalue weighted by atomic mass is 10.0. The largest absolute Gasteiger partial charge is 0.377 e. The number of nitrogens with one attached hydrogen (secondary N) is 1. The van der Waals surface area contributed by atoms with Crippen LogP contribution in [0.1, 0.15) is 36.2 Å². The molecule has 0 aliphatic heterocycles. The van der Waals surface area contributed by atoms with E-state index in [1.165, 1.54) is 11.1 Å². The molecular formula is C16H20N2. The van der Waals surface area contributed by atoms with Crippen LogP contribution in [0.4, 0.5) is 5.69 Å². The minimum absolute atomic E-state index is 0.341. The van der Waals surface area contributed by atoms with Gasteiger partial charge in [-0.2, -0.15) is 0 Å². The van der Waals surface area contributed by atoms with Gasteiger partial charge < -0.3 is 5.32 Å². The van der Waals surface area contributed by atoms with E-state index in [-0.39, 0.29) is 0 Å². The maximum absolute atomic E-state index is 4.31. The number of nitrogens with zero attached hydrogens (tertiary/aromatic N) is 1. The van der Waals surface area contributed by atoms with Crippen LogP contribution in [0.2, 0.25) is 0 Å². The third-order valence-corrected chi connectivity index (χ3v) is 3.22. The fourth-order valence-corrected chi connectivity index (χ4v) is 2.04. The highest BCUT2D eigenvalue weighted by Crippen LogP contribution is 2.23. The predicted molar refractivity (Wildman–Crippen MR) is 76.8 cm³/mol. The minimum atomic E-state index is 0.341. The molecule has 2 heteroatoms. The van der Waals surface area contributed by atoms with E-state index in [9.17, 15) is 0 Å². The van der Waals surface area contributed by atoms with Crippen LogP contribution in [0.5, 0.6) is 0 Å². The van der Waals surface area contributed by atoms with Crippen molar-refractivity contribution < 1.29 is 0 Å². The average Bonchev–Trinajstić information content (AvgIpc) is 2.39. The zero-order chi connectivity index (χ0) is 13.0. The number of hydrogen-bond donors (Lipinski definition) is 1. The molecule has 1 unspecified atom stereocenters. The predicted octanol–water partition coefficient (Wildman–Crippen LogP) is 4.26. The lowest BCUT2D eigenvalue weighted by Crippen LogP contribution is -2.10. The van der Waals surface area contributed by atoms with Crippen molar-refractivity contribution >= 4 is 5.69 Å². The molecule has 2 aromatic rings. The Morgan fingerprint density at radius 2 is 1.83 bits per heavy atom. The summed E-state index contributed by atoms with van der Waals surface area (Å²) < 4.78 is 0. The summed E-state index contributed by atoms with van der Waals surface area (Å²) in [5.41, 5.74) is 4.78. The summed E-state index contributed by atoms with van der Waals surface area (Å²) in [4.78, 5) is 4.31. The van der Waals surface area contributed by atoms with E-state index in [4.69, 9.17) is 0 Å². The van der Waals surface area contributed by atoms with Crippen molar-refractivity contribution in [3.63, 3.8) is 0 Å². The van der Waals surface area contributed by atoms with Crippen LogP contribution in [0.15, 0.2) is 42.6 Å². The standard InChI is InChI=1S/C16H20N2/c1-4-15(14-9-7-12(2)8-10-14)18-16-6-5-11-17-13(16)3/h5-11,15,18H,4H2,1-3H3. The maximum Gasteiger partial charge on any atom is 0.0603 e. The van der Waals surface area contributed by atoms with E-state index in [1.54, 1.807) is 0 Å². The SMILES string of the molecule is CCC(Nc1cccnc1C)c1ccc(C)cc1. The zero-order valence-corrected chi connectivity index (χ0v) is 11.3. The normalized spacial score (nSPS) is 12.2. The van der Waals surface area contributed by atoms with Crippen LogP contribution in [-0.4, -0.2) is 4.98 Å². The highest BCUT2D eigenvalue weighted by Gasteiger charge is 2.10. The Kier molecular flexibility index (Phi) is 3.98. The van der Waals surface area contributed by atoms with Crippen molar-refractivity contribution in [3.05, 3.63) is 59.4 Å². The number of hydrogen-bond acceptors (Lipinski definition) is 2. The summed E-state index contributed by atoms with van der Waals surface area (Å²) in [7, 11) is 0. The molecule has 0 radical (unpaired) electrons. The molecule has 0 spiro atoms. The van der Waals surface area contributed by atoms with Crippen molar-refractivity contribution in [2.24, 2.45) is 0 Å². The summed E-state index contributed by atoms with van der Waals surface area (Å²) >= 11 is 0. The Morgan fingerprint density at radius 3 is 2.44 bits per heavy atom. The molecule has 0 aliphatic rings. The highest BCUT2D eigenvalue weighted by atomic mass is 14.9. The molecule has 1 aromatic heterocycles. The van der Waals surface area contributed by atoms with Gasteiger partial charge in [-0.15, -0.1) is 0 Å². The first-order chi connectivity index (χ1) is 8.70. The second-order valence-electron chi connectivity index (χ2n) is 4.65. The Morgan fingerprint density at radius 1 is 1.11 bits per heavy atom. The molecule has 0 bridgehead atoms. The van der Waals surface area contributed by atoms with Crippen LogP contribution in [0.3, 0.4) is 0 Å². The Bertz CT molecular complexity index is 503. The van der Waals surface area contributed by atoms with Crippen molar-refractivity contribution in [2.75, 3.05) is 5.32 Å². The molecule has 0 fully saturated rings. The first kappa shape index (κ1) is 12.6. The quantitative estimate of drug-likeness (QED) is 0.863. The van der Waals surface area contributed by atoms with Gasteiger partial charge >= 0.3 is 0 Å². The van der Waals surface area contributed by atoms with Crippen LogP contribution in [-0.2, 0) is 0 Å². The average molecular weight is 240 g/mol. The molecule has 1 heterocycles. The van der Waals surface area contributed by atoms with Gasteiger partial charge in [-0.3, -0.25) is 4.98 Å². The van der Waals surface area contributed by atoms with Gasteiger partial charge in [0.25, 0.3) is 0 Å². The topological polar surface area (TPSA) is 24.9 Å². The van der Waals surface area contributed by atoms with Crippen LogP contribution in [0, 0.1) is 13.8 Å². The van der Waals surface area contributed by atoms with Crippen LogP contribution < -0.4 is 5.32 Å². The summed E-state index contributed by atoms with van der Waals surface area (Å²) in [6, 6.07) is 13.1. The fraction of sp³-hybridized carbons (Fsp3) is 0.312. The van der Waals surface area contributed by atoms with Gasteiger partial charge in [0.1, 0.15) is 0 Å². The lowest BCUT2D eigenvalue weighted by Gasteiger charge is -2.20. The summed E-state index contributed by atoms with van der Waals surface area (Å²) in [6.45, 7) is 6.34. The first-order valence-electron chi connectivity index (χ1n) is 6.45. The van der Waals surface area contributed by atoms with Gasteiger partial charge in [0.05, 0.1) is 17.4 Å². The fourth-order valence-electron chi connectivity index (χ4n) is 2.04. The molecule has 1 atom stereocenters. The highest BCUT2D eigenvalue weighted by molar-refractivity contribution is 5.48. The Hall–Kier alpha value is -1.83. The number of pyridine rings is 1. The molecule has 0 saturated carbocycles. The summed E-state index contributed by atoms with van der Waals surface area (Å²) in [6.07, 6.45) is 2.88. The van der Waals surface area contributed by atoms with Gasteiger partial charge in [0.15, 0.2) is 0 Å². The lowest BCUT2D eigenvalue weighted by molar-refractivity contribution is 0.747. The molecule has 0 saturated heterocycles. The molecule has 1 aromatic carbocycles. The number of anilines is 1. The summed E-state index contributed by atoms with van der Waals surface area (Å²) in [5, 5.41) is 3.57. The van der Waals surface area contributed by atoms with Crippen molar-refractivity contribution in [1.82, 2.24) is 4.98 Å². The van der Waals surface area contributed by atoms with Gasteiger partial charge in [-0.05, 0) is 38.0 Å². The van der Waals surface area contributed by atoms with Crippen molar-refractivity contribution in [2.45, 2.75) is 33.2 Å². The molecule has 0 aliphatic carbocycles. The monoisotopic (exact) mass is 240 g/mol. The van der Waals surface area contributed by atoms with Gasteiger partial charge in [0, 0.05) is 6.20 Å². The van der Waals surface area contributed by atoms with Gasteiger partial charge in [-0.25, -0.2) is 0 Å². The second-order valence-corrected chi connectivity index (χ2v) is 4.65. The van der Waals surface area contributed by atoms with Crippen molar-refractivity contribution in [1.29, 1.82) is 0 Å². The number of aryl methyl sites for hydroxylation is 2. The molecule has 2 rings (SSSR count). The van der Waals surface area contributed by atoms with Crippen LogP contribution >= 0.6 is 0 Å². The number of benzene rings is 1. The van der Waals surface area contributed by atoms with E-state index in [1.807, 2.05) is 19.2 Å². The van der Waals surface area contributed by atoms with Gasteiger partial charge in [-0.1, -0.05) is 36.8 Å². The third kappa shape index (κ3) is 2.89. The molecule has 18 heavy (non-hydrogen) atoms. The van der Waals surface area contributed by atoms with E-state index >= 15 is 0 Å². The van der Waals surface area contributed by atoms with Crippen molar-refractivity contribution in [3.8, 4) is 0 Å². The molecule has 2 nitrogen and oxygen atoms in total. The van der Waals surface area contributed by atoms with E-state index in [0.29, 0.717) is 6.04 Å². The molecule has 0 amide bonds. The first-order valence-corrected chi connectivity index (χ1v) is 6.45. The van der Waals surface area contributed by atoms with Crippen LogP contribution in [0.25, 0.3) is 0 Å². The molecular weight excluding hydrogens is 220 g/mol. The number of rotatable bonds is 4. The number of aromatic nitrogens is 1. The van der Waals surface area contributed by atoms with E-state index < -0.39 is 0 Å².